The van der Waals surface area contributed by atoms with Crippen molar-refractivity contribution in [3.63, 3.8) is 0 Å². The first-order valence-corrected chi connectivity index (χ1v) is 6.65. The molecule has 1 N–H and O–H groups in total. The monoisotopic (exact) mass is 264 g/mol. The third-order valence-electron chi connectivity index (χ3n) is 3.28. The quantitative estimate of drug-likeness (QED) is 0.819. The third-order valence-corrected chi connectivity index (χ3v) is 3.28. The molecule has 0 aliphatic rings. The van der Waals surface area contributed by atoms with Gasteiger partial charge in [-0.05, 0) is 39.2 Å². The number of aromatic carboxylic acids is 1. The predicted molar refractivity (Wildman–Crippen MR) is 77.5 cm³/mol. The van der Waals surface area contributed by atoms with E-state index in [0.717, 1.165) is 18.7 Å². The largest absolute Gasteiger partial charge is 0.478 e. The lowest BCUT2D eigenvalue weighted by atomic mass is 10.1. The van der Waals surface area contributed by atoms with Crippen LogP contribution >= 0.6 is 0 Å². The molecule has 0 aliphatic carbocycles. The Morgan fingerprint density at radius 2 is 1.95 bits per heavy atom. The average Bonchev–Trinajstić information content (AvgIpc) is 2.35. The SMILES string of the molecule is CCN(Cc1ccccc1C(=O)O)C(C)CN(C)C. The molecule has 0 radical (unpaired) electrons. The Hall–Kier alpha value is -1.39. The zero-order valence-electron chi connectivity index (χ0n) is 12.3. The summed E-state index contributed by atoms with van der Waals surface area (Å²) in [5, 5.41) is 9.21. The van der Waals surface area contributed by atoms with Gasteiger partial charge in [-0.2, -0.15) is 0 Å². The van der Waals surface area contributed by atoms with Crippen LogP contribution in [-0.4, -0.2) is 54.1 Å². The lowest BCUT2D eigenvalue weighted by Gasteiger charge is -2.30. The van der Waals surface area contributed by atoms with Crippen LogP contribution < -0.4 is 0 Å². The van der Waals surface area contributed by atoms with E-state index in [4.69, 9.17) is 0 Å². The molecule has 1 rings (SSSR count). The van der Waals surface area contributed by atoms with Crippen LogP contribution in [0.2, 0.25) is 0 Å². The Labute approximate surface area is 115 Å². The van der Waals surface area contributed by atoms with E-state index in [1.165, 1.54) is 0 Å². The highest BCUT2D eigenvalue weighted by Gasteiger charge is 2.16. The summed E-state index contributed by atoms with van der Waals surface area (Å²) >= 11 is 0. The number of hydrogen-bond donors (Lipinski definition) is 1. The number of carbonyl (C=O) groups is 1. The molecule has 0 heterocycles. The van der Waals surface area contributed by atoms with Crippen LogP contribution in [0.3, 0.4) is 0 Å². The number of nitrogens with zero attached hydrogens (tertiary/aromatic N) is 2. The zero-order valence-corrected chi connectivity index (χ0v) is 12.3. The maximum atomic E-state index is 11.2. The average molecular weight is 264 g/mol. The van der Waals surface area contributed by atoms with Crippen LogP contribution in [0, 0.1) is 0 Å². The van der Waals surface area contributed by atoms with Crippen molar-refractivity contribution in [2.24, 2.45) is 0 Å². The van der Waals surface area contributed by atoms with E-state index in [0.29, 0.717) is 18.2 Å². The molecule has 0 bridgehead atoms. The van der Waals surface area contributed by atoms with Gasteiger partial charge in [0.15, 0.2) is 0 Å². The van der Waals surface area contributed by atoms with E-state index in [2.05, 4.69) is 37.7 Å². The lowest BCUT2D eigenvalue weighted by Crippen LogP contribution is -2.39. The molecule has 1 unspecified atom stereocenters. The highest BCUT2D eigenvalue weighted by molar-refractivity contribution is 5.89. The first kappa shape index (κ1) is 15.7. The minimum atomic E-state index is -0.855. The molecule has 1 aromatic carbocycles. The summed E-state index contributed by atoms with van der Waals surface area (Å²) in [7, 11) is 4.10. The first-order chi connectivity index (χ1) is 8.95. The van der Waals surface area contributed by atoms with E-state index in [9.17, 15) is 9.90 Å². The summed E-state index contributed by atoms with van der Waals surface area (Å²) in [6.07, 6.45) is 0. The van der Waals surface area contributed by atoms with E-state index in [1.807, 2.05) is 12.1 Å². The van der Waals surface area contributed by atoms with Gasteiger partial charge in [0.1, 0.15) is 0 Å². The normalized spacial score (nSPS) is 12.9. The van der Waals surface area contributed by atoms with Gasteiger partial charge in [0, 0.05) is 19.1 Å². The zero-order chi connectivity index (χ0) is 14.4. The van der Waals surface area contributed by atoms with Gasteiger partial charge in [0.2, 0.25) is 0 Å². The van der Waals surface area contributed by atoms with Crippen molar-refractivity contribution in [2.75, 3.05) is 27.2 Å². The molecule has 0 spiro atoms. The second-order valence-electron chi connectivity index (χ2n) is 5.14. The van der Waals surface area contributed by atoms with Crippen molar-refractivity contribution < 1.29 is 9.90 Å². The molecule has 0 aromatic heterocycles. The van der Waals surface area contributed by atoms with E-state index in [-0.39, 0.29) is 0 Å². The summed E-state index contributed by atoms with van der Waals surface area (Å²) in [5.41, 5.74) is 1.28. The fourth-order valence-corrected chi connectivity index (χ4v) is 2.31. The summed E-state index contributed by atoms with van der Waals surface area (Å²) in [4.78, 5) is 15.7. The lowest BCUT2D eigenvalue weighted by molar-refractivity contribution is 0.0693. The smallest absolute Gasteiger partial charge is 0.336 e. The van der Waals surface area contributed by atoms with E-state index in [1.54, 1.807) is 12.1 Å². The van der Waals surface area contributed by atoms with Gasteiger partial charge >= 0.3 is 5.97 Å². The highest BCUT2D eigenvalue weighted by Crippen LogP contribution is 2.14. The Morgan fingerprint density at radius 1 is 1.32 bits per heavy atom. The number of hydrogen-bond acceptors (Lipinski definition) is 3. The van der Waals surface area contributed by atoms with Crippen molar-refractivity contribution in [3.05, 3.63) is 35.4 Å². The number of likely N-dealkylation sites (N-methyl/N-ethyl adjacent to an activating group) is 2. The van der Waals surface area contributed by atoms with Gasteiger partial charge in [0.25, 0.3) is 0 Å². The summed E-state index contributed by atoms with van der Waals surface area (Å²) < 4.78 is 0. The van der Waals surface area contributed by atoms with Gasteiger partial charge in [-0.1, -0.05) is 25.1 Å². The number of rotatable bonds is 7. The minimum absolute atomic E-state index is 0.391. The van der Waals surface area contributed by atoms with Gasteiger partial charge in [-0.15, -0.1) is 0 Å². The van der Waals surface area contributed by atoms with Crippen molar-refractivity contribution in [1.82, 2.24) is 9.80 Å². The molecule has 1 aromatic rings. The Morgan fingerprint density at radius 3 is 2.47 bits per heavy atom. The predicted octanol–water partition coefficient (Wildman–Crippen LogP) is 2.16. The van der Waals surface area contributed by atoms with Gasteiger partial charge in [0.05, 0.1) is 5.56 Å². The van der Waals surface area contributed by atoms with Gasteiger partial charge in [-0.25, -0.2) is 4.79 Å². The molecular weight excluding hydrogens is 240 g/mol. The van der Waals surface area contributed by atoms with E-state index >= 15 is 0 Å². The molecule has 19 heavy (non-hydrogen) atoms. The number of benzene rings is 1. The van der Waals surface area contributed by atoms with E-state index < -0.39 is 5.97 Å². The minimum Gasteiger partial charge on any atom is -0.478 e. The van der Waals surface area contributed by atoms with Crippen molar-refractivity contribution in [2.45, 2.75) is 26.4 Å². The molecular formula is C15H24N2O2. The van der Waals surface area contributed by atoms with Crippen LogP contribution in [0.4, 0.5) is 0 Å². The molecule has 4 nitrogen and oxygen atoms in total. The second-order valence-corrected chi connectivity index (χ2v) is 5.14. The third kappa shape index (κ3) is 4.65. The summed E-state index contributed by atoms with van der Waals surface area (Å²) in [6.45, 7) is 6.82. The topological polar surface area (TPSA) is 43.8 Å². The fraction of sp³-hybridized carbons (Fsp3) is 0.533. The van der Waals surface area contributed by atoms with Crippen molar-refractivity contribution in [3.8, 4) is 0 Å². The number of carboxylic acid groups (broad SMARTS) is 1. The molecule has 0 saturated heterocycles. The Balaban J connectivity index is 2.84. The second kappa shape index (κ2) is 7.26. The van der Waals surface area contributed by atoms with Gasteiger partial charge < -0.3 is 10.0 Å². The molecule has 0 aliphatic heterocycles. The summed E-state index contributed by atoms with van der Waals surface area (Å²) in [6, 6.07) is 7.62. The van der Waals surface area contributed by atoms with Crippen LogP contribution in [0.25, 0.3) is 0 Å². The van der Waals surface area contributed by atoms with Crippen LogP contribution in [-0.2, 0) is 6.54 Å². The molecule has 1 atom stereocenters. The maximum Gasteiger partial charge on any atom is 0.336 e. The molecule has 106 valence electrons. The number of carboxylic acids is 1. The fourth-order valence-electron chi connectivity index (χ4n) is 2.31. The first-order valence-electron chi connectivity index (χ1n) is 6.65. The standard InChI is InChI=1S/C15H24N2O2/c1-5-17(12(2)10-16(3)4)11-13-8-6-7-9-14(13)15(18)19/h6-9,12H,5,10-11H2,1-4H3,(H,18,19). The van der Waals surface area contributed by atoms with Crippen molar-refractivity contribution in [1.29, 1.82) is 0 Å². The molecule has 4 heteroatoms. The van der Waals surface area contributed by atoms with Gasteiger partial charge in [-0.3, -0.25) is 4.90 Å². The Bertz CT molecular complexity index is 418. The van der Waals surface area contributed by atoms with Crippen LogP contribution in [0.1, 0.15) is 29.8 Å². The maximum absolute atomic E-state index is 11.2. The highest BCUT2D eigenvalue weighted by atomic mass is 16.4. The van der Waals surface area contributed by atoms with Crippen LogP contribution in [0.15, 0.2) is 24.3 Å². The molecule has 0 amide bonds. The molecule has 0 saturated carbocycles. The van der Waals surface area contributed by atoms with Crippen molar-refractivity contribution >= 4 is 5.97 Å². The Kier molecular flexibility index (Phi) is 5.99. The van der Waals surface area contributed by atoms with Crippen LogP contribution in [0.5, 0.6) is 0 Å². The molecule has 0 fully saturated rings. The summed E-state index contributed by atoms with van der Waals surface area (Å²) in [5.74, 6) is -0.855.